The van der Waals surface area contributed by atoms with E-state index in [1.54, 1.807) is 7.11 Å². The van der Waals surface area contributed by atoms with Crippen LogP contribution in [0.1, 0.15) is 11.1 Å². The van der Waals surface area contributed by atoms with Crippen LogP contribution in [0.25, 0.3) is 0 Å². The zero-order valence-corrected chi connectivity index (χ0v) is 11.3. The van der Waals surface area contributed by atoms with Gasteiger partial charge in [-0.2, -0.15) is 0 Å². The third-order valence-corrected chi connectivity index (χ3v) is 3.00. The molecule has 0 unspecified atom stereocenters. The molecule has 2 aromatic carbocycles. The molecule has 0 saturated carbocycles. The molecule has 3 nitrogen and oxygen atoms in total. The number of methoxy groups -OCH3 is 1. The second-order valence-corrected chi connectivity index (χ2v) is 4.47. The van der Waals surface area contributed by atoms with Gasteiger partial charge in [0.15, 0.2) is 0 Å². The number of benzene rings is 2. The van der Waals surface area contributed by atoms with Gasteiger partial charge in [0.25, 0.3) is 0 Å². The van der Waals surface area contributed by atoms with E-state index in [4.69, 9.17) is 15.2 Å². The second-order valence-electron chi connectivity index (χ2n) is 4.47. The average Bonchev–Trinajstić information content (AvgIpc) is 2.41. The van der Waals surface area contributed by atoms with Crippen molar-refractivity contribution in [3.05, 3.63) is 53.6 Å². The number of hydrogen-bond donors (Lipinski definition) is 1. The molecular weight excluding hydrogens is 238 g/mol. The lowest BCUT2D eigenvalue weighted by Crippen LogP contribution is -2.02. The Balaban J connectivity index is 1.88. The summed E-state index contributed by atoms with van der Waals surface area (Å²) in [5.41, 5.74) is 8.76. The molecule has 0 bridgehead atoms. The quantitative estimate of drug-likeness (QED) is 0.836. The van der Waals surface area contributed by atoms with Crippen molar-refractivity contribution in [2.75, 3.05) is 19.5 Å². The first-order valence-electron chi connectivity index (χ1n) is 6.31. The molecule has 0 saturated heterocycles. The summed E-state index contributed by atoms with van der Waals surface area (Å²) in [6.07, 6.45) is 0.870. The van der Waals surface area contributed by atoms with Gasteiger partial charge < -0.3 is 15.2 Å². The molecule has 2 rings (SSSR count). The number of nitrogens with two attached hydrogens (primary N) is 1. The van der Waals surface area contributed by atoms with E-state index in [1.165, 1.54) is 5.56 Å². The SMILES string of the molecule is COc1ccc(CCOc2ccc(N)cc2)cc1C. The molecule has 2 aromatic rings. The van der Waals surface area contributed by atoms with Crippen molar-refractivity contribution in [2.45, 2.75) is 13.3 Å². The van der Waals surface area contributed by atoms with Gasteiger partial charge in [0, 0.05) is 12.1 Å². The van der Waals surface area contributed by atoms with Crippen LogP contribution < -0.4 is 15.2 Å². The molecule has 0 atom stereocenters. The Labute approximate surface area is 114 Å². The lowest BCUT2D eigenvalue weighted by Gasteiger charge is -2.09. The van der Waals surface area contributed by atoms with E-state index < -0.39 is 0 Å². The van der Waals surface area contributed by atoms with Crippen molar-refractivity contribution in [1.82, 2.24) is 0 Å². The van der Waals surface area contributed by atoms with Crippen LogP contribution in [-0.2, 0) is 6.42 Å². The van der Waals surface area contributed by atoms with Gasteiger partial charge in [-0.15, -0.1) is 0 Å². The van der Waals surface area contributed by atoms with Crippen molar-refractivity contribution >= 4 is 5.69 Å². The molecule has 0 aliphatic carbocycles. The fraction of sp³-hybridized carbons (Fsp3) is 0.250. The van der Waals surface area contributed by atoms with Crippen LogP contribution in [0.15, 0.2) is 42.5 Å². The lowest BCUT2D eigenvalue weighted by molar-refractivity contribution is 0.322. The molecule has 0 heterocycles. The summed E-state index contributed by atoms with van der Waals surface area (Å²) in [6, 6.07) is 13.6. The van der Waals surface area contributed by atoms with Crippen LogP contribution in [-0.4, -0.2) is 13.7 Å². The Kier molecular flexibility index (Phi) is 4.29. The molecule has 0 fully saturated rings. The average molecular weight is 257 g/mol. The number of aryl methyl sites for hydroxylation is 1. The molecular formula is C16H19NO2. The van der Waals surface area contributed by atoms with Gasteiger partial charge in [-0.05, 0) is 48.4 Å². The molecule has 0 aromatic heterocycles. The monoisotopic (exact) mass is 257 g/mol. The molecule has 0 aliphatic heterocycles. The van der Waals surface area contributed by atoms with E-state index in [2.05, 4.69) is 12.1 Å². The predicted octanol–water partition coefficient (Wildman–Crippen LogP) is 3.21. The van der Waals surface area contributed by atoms with Gasteiger partial charge in [-0.1, -0.05) is 12.1 Å². The third-order valence-electron chi connectivity index (χ3n) is 3.00. The molecule has 3 heteroatoms. The van der Waals surface area contributed by atoms with Crippen LogP contribution in [0.4, 0.5) is 5.69 Å². The number of ether oxygens (including phenoxy) is 2. The zero-order valence-electron chi connectivity index (χ0n) is 11.3. The number of hydrogen-bond acceptors (Lipinski definition) is 3. The molecule has 100 valence electrons. The highest BCUT2D eigenvalue weighted by Gasteiger charge is 2.00. The highest BCUT2D eigenvalue weighted by atomic mass is 16.5. The first kappa shape index (κ1) is 13.3. The van der Waals surface area contributed by atoms with Gasteiger partial charge in [-0.25, -0.2) is 0 Å². The Morgan fingerprint density at radius 3 is 2.42 bits per heavy atom. The fourth-order valence-electron chi connectivity index (χ4n) is 1.95. The van der Waals surface area contributed by atoms with Gasteiger partial charge in [0.05, 0.1) is 13.7 Å². The van der Waals surface area contributed by atoms with Gasteiger partial charge in [0.2, 0.25) is 0 Å². The minimum absolute atomic E-state index is 0.648. The topological polar surface area (TPSA) is 44.5 Å². The summed E-state index contributed by atoms with van der Waals surface area (Å²) >= 11 is 0. The maximum Gasteiger partial charge on any atom is 0.121 e. The van der Waals surface area contributed by atoms with Gasteiger partial charge >= 0.3 is 0 Å². The maximum atomic E-state index is 5.67. The number of nitrogen functional groups attached to an aromatic ring is 1. The van der Waals surface area contributed by atoms with E-state index in [9.17, 15) is 0 Å². The fourth-order valence-corrected chi connectivity index (χ4v) is 1.95. The first-order chi connectivity index (χ1) is 9.19. The summed E-state index contributed by atoms with van der Waals surface area (Å²) in [6.45, 7) is 2.69. The Morgan fingerprint density at radius 1 is 1.05 bits per heavy atom. The van der Waals surface area contributed by atoms with Crippen molar-refractivity contribution < 1.29 is 9.47 Å². The molecule has 19 heavy (non-hydrogen) atoms. The Bertz CT molecular complexity index is 535. The van der Waals surface area contributed by atoms with Gasteiger partial charge in [0.1, 0.15) is 11.5 Å². The van der Waals surface area contributed by atoms with Crippen LogP contribution in [0.5, 0.6) is 11.5 Å². The minimum atomic E-state index is 0.648. The molecule has 0 aliphatic rings. The van der Waals surface area contributed by atoms with Crippen molar-refractivity contribution in [3.8, 4) is 11.5 Å². The van der Waals surface area contributed by atoms with Crippen molar-refractivity contribution in [1.29, 1.82) is 0 Å². The van der Waals surface area contributed by atoms with Crippen molar-refractivity contribution in [3.63, 3.8) is 0 Å². The second kappa shape index (κ2) is 6.14. The van der Waals surface area contributed by atoms with E-state index in [-0.39, 0.29) is 0 Å². The minimum Gasteiger partial charge on any atom is -0.496 e. The van der Waals surface area contributed by atoms with Crippen molar-refractivity contribution in [2.24, 2.45) is 0 Å². The first-order valence-corrected chi connectivity index (χ1v) is 6.31. The zero-order chi connectivity index (χ0) is 13.7. The molecule has 0 radical (unpaired) electrons. The summed E-state index contributed by atoms with van der Waals surface area (Å²) < 4.78 is 10.9. The normalized spacial score (nSPS) is 10.2. The van der Waals surface area contributed by atoms with Crippen LogP contribution >= 0.6 is 0 Å². The number of rotatable bonds is 5. The molecule has 2 N–H and O–H groups in total. The maximum absolute atomic E-state index is 5.67. The third kappa shape index (κ3) is 3.65. The summed E-state index contributed by atoms with van der Waals surface area (Å²) in [5, 5.41) is 0. The van der Waals surface area contributed by atoms with E-state index in [0.717, 1.165) is 29.2 Å². The highest BCUT2D eigenvalue weighted by Crippen LogP contribution is 2.19. The Morgan fingerprint density at radius 2 is 1.79 bits per heavy atom. The predicted molar refractivity (Wildman–Crippen MR) is 77.8 cm³/mol. The Hall–Kier alpha value is -2.16. The van der Waals surface area contributed by atoms with Crippen LogP contribution in [0, 0.1) is 6.92 Å². The van der Waals surface area contributed by atoms with Gasteiger partial charge in [-0.3, -0.25) is 0 Å². The highest BCUT2D eigenvalue weighted by molar-refractivity contribution is 5.41. The smallest absolute Gasteiger partial charge is 0.121 e. The van der Waals surface area contributed by atoms with Crippen LogP contribution in [0.3, 0.4) is 0 Å². The lowest BCUT2D eigenvalue weighted by atomic mass is 10.1. The molecule has 0 amide bonds. The number of anilines is 1. The van der Waals surface area contributed by atoms with Crippen LogP contribution in [0.2, 0.25) is 0 Å². The summed E-state index contributed by atoms with van der Waals surface area (Å²) in [7, 11) is 1.69. The van der Waals surface area contributed by atoms with E-state index in [0.29, 0.717) is 6.61 Å². The van der Waals surface area contributed by atoms with E-state index >= 15 is 0 Å². The standard InChI is InChI=1S/C16H19NO2/c1-12-11-13(3-8-16(12)18-2)9-10-19-15-6-4-14(17)5-7-15/h3-8,11H,9-10,17H2,1-2H3. The summed E-state index contributed by atoms with van der Waals surface area (Å²) in [5.74, 6) is 1.77. The molecule has 0 spiro atoms. The van der Waals surface area contributed by atoms with E-state index in [1.807, 2.05) is 37.3 Å². The summed E-state index contributed by atoms with van der Waals surface area (Å²) in [4.78, 5) is 0. The largest absolute Gasteiger partial charge is 0.496 e.